The number of benzene rings is 1. The number of alkyl halides is 1. The van der Waals surface area contributed by atoms with Gasteiger partial charge in [0.05, 0.1) is 5.02 Å². The van der Waals surface area contributed by atoms with Crippen molar-refractivity contribution in [1.82, 2.24) is 10.6 Å². The van der Waals surface area contributed by atoms with Crippen LogP contribution in [0.25, 0.3) is 0 Å². The lowest BCUT2D eigenvalue weighted by molar-refractivity contribution is -0.119. The molecule has 1 aromatic rings. The summed E-state index contributed by atoms with van der Waals surface area (Å²) in [4.78, 5) is 22.4. The minimum atomic E-state index is -0.795. The van der Waals surface area contributed by atoms with Crippen molar-refractivity contribution in [2.45, 2.75) is 18.8 Å². The Morgan fingerprint density at radius 1 is 1.44 bits per heavy atom. The minimum Gasteiger partial charge on any atom is -0.334 e. The van der Waals surface area contributed by atoms with Crippen LogP contribution in [0, 0.1) is 5.82 Å². The number of halogens is 3. The number of carbonyl (C=O) groups is 2. The van der Waals surface area contributed by atoms with E-state index in [0.717, 1.165) is 0 Å². The summed E-state index contributed by atoms with van der Waals surface area (Å²) in [6.45, 7) is 1.57. The van der Waals surface area contributed by atoms with Crippen molar-refractivity contribution in [1.29, 1.82) is 0 Å². The Bertz CT molecular complexity index is 466. The molecule has 0 fully saturated rings. The van der Waals surface area contributed by atoms with Gasteiger partial charge < -0.3 is 5.32 Å². The number of carbonyl (C=O) groups excluding carboxylic acids is 2. The second-order valence-electron chi connectivity index (χ2n) is 3.54. The van der Waals surface area contributed by atoms with Crippen LogP contribution in [0.4, 0.5) is 9.18 Å². The molecule has 1 rings (SSSR count). The van der Waals surface area contributed by atoms with Crippen molar-refractivity contribution < 1.29 is 14.0 Å². The van der Waals surface area contributed by atoms with E-state index >= 15 is 0 Å². The number of nitrogens with one attached hydrogen (secondary N) is 2. The van der Waals surface area contributed by atoms with Gasteiger partial charge in [-0.15, -0.1) is 11.6 Å². The zero-order valence-electron chi connectivity index (χ0n) is 9.47. The smallest absolute Gasteiger partial charge is 0.321 e. The summed E-state index contributed by atoms with van der Waals surface area (Å²) in [5.74, 6) is -1.12. The Hall–Kier alpha value is -1.33. The molecule has 1 aromatic carbocycles. The van der Waals surface area contributed by atoms with Crippen molar-refractivity contribution in [3.05, 3.63) is 34.6 Å². The van der Waals surface area contributed by atoms with Crippen molar-refractivity contribution in [3.8, 4) is 0 Å². The van der Waals surface area contributed by atoms with Crippen molar-refractivity contribution in [3.63, 3.8) is 0 Å². The first kappa shape index (κ1) is 14.7. The predicted octanol–water partition coefficient (Wildman–Crippen LogP) is 2.43. The lowest BCUT2D eigenvalue weighted by Gasteiger charge is -2.08. The highest BCUT2D eigenvalue weighted by atomic mass is 35.5. The largest absolute Gasteiger partial charge is 0.334 e. The number of amides is 3. The second kappa shape index (κ2) is 6.56. The summed E-state index contributed by atoms with van der Waals surface area (Å²) in [7, 11) is 0. The minimum absolute atomic E-state index is 0.0276. The standard InChI is InChI=1S/C11H11Cl2FN2O2/c1-6(12)10(17)16-11(18)15-5-7-2-3-9(14)8(13)4-7/h2-4,6H,5H2,1H3,(H2,15,16,17,18). The molecule has 0 aliphatic heterocycles. The molecule has 0 spiro atoms. The van der Waals surface area contributed by atoms with Crippen LogP contribution in [0.1, 0.15) is 12.5 Å². The van der Waals surface area contributed by atoms with Gasteiger partial charge in [0.2, 0.25) is 5.91 Å². The molecule has 18 heavy (non-hydrogen) atoms. The first-order chi connectivity index (χ1) is 8.40. The SMILES string of the molecule is CC(Cl)C(=O)NC(=O)NCc1ccc(F)c(Cl)c1. The van der Waals surface area contributed by atoms with Crippen molar-refractivity contribution >= 4 is 35.1 Å². The molecule has 0 aliphatic rings. The monoisotopic (exact) mass is 292 g/mol. The van der Waals surface area contributed by atoms with E-state index in [1.807, 2.05) is 5.32 Å². The molecule has 1 unspecified atom stereocenters. The van der Waals surface area contributed by atoms with Gasteiger partial charge in [0.25, 0.3) is 0 Å². The van der Waals surface area contributed by atoms with Crippen LogP contribution in [-0.4, -0.2) is 17.3 Å². The number of hydrogen-bond acceptors (Lipinski definition) is 2. The molecule has 98 valence electrons. The predicted molar refractivity (Wildman–Crippen MR) is 67.1 cm³/mol. The summed E-state index contributed by atoms with van der Waals surface area (Å²) in [6.07, 6.45) is 0. The van der Waals surface area contributed by atoms with E-state index in [0.29, 0.717) is 5.56 Å². The maximum atomic E-state index is 12.9. The van der Waals surface area contributed by atoms with Crippen LogP contribution in [0.2, 0.25) is 5.02 Å². The first-order valence-corrected chi connectivity index (χ1v) is 5.88. The number of urea groups is 1. The molecule has 4 nitrogen and oxygen atoms in total. The molecule has 0 aromatic heterocycles. The Morgan fingerprint density at radius 2 is 2.11 bits per heavy atom. The molecule has 7 heteroatoms. The molecule has 3 amide bonds. The van der Waals surface area contributed by atoms with Gasteiger partial charge in [-0.2, -0.15) is 0 Å². The van der Waals surface area contributed by atoms with Gasteiger partial charge in [-0.1, -0.05) is 17.7 Å². The van der Waals surface area contributed by atoms with Crippen LogP contribution in [0.15, 0.2) is 18.2 Å². The van der Waals surface area contributed by atoms with E-state index in [2.05, 4.69) is 5.32 Å². The topological polar surface area (TPSA) is 58.2 Å². The molecule has 0 heterocycles. The molecule has 2 N–H and O–H groups in total. The van der Waals surface area contributed by atoms with Crippen LogP contribution < -0.4 is 10.6 Å². The number of imide groups is 1. The van der Waals surface area contributed by atoms with Gasteiger partial charge in [-0.25, -0.2) is 9.18 Å². The number of hydrogen-bond donors (Lipinski definition) is 2. The molecular formula is C11H11Cl2FN2O2. The van der Waals surface area contributed by atoms with E-state index < -0.39 is 23.1 Å². The maximum Gasteiger partial charge on any atom is 0.321 e. The third-order valence-corrected chi connectivity index (χ3v) is 2.52. The fourth-order valence-corrected chi connectivity index (χ4v) is 1.35. The lowest BCUT2D eigenvalue weighted by atomic mass is 10.2. The molecule has 0 saturated heterocycles. The van der Waals surface area contributed by atoms with Crippen LogP contribution in [-0.2, 0) is 11.3 Å². The van der Waals surface area contributed by atoms with Gasteiger partial charge in [-0.05, 0) is 24.6 Å². The highest BCUT2D eigenvalue weighted by Gasteiger charge is 2.12. The van der Waals surface area contributed by atoms with Gasteiger partial charge in [0.15, 0.2) is 0 Å². The van der Waals surface area contributed by atoms with Crippen LogP contribution in [0.3, 0.4) is 0 Å². The van der Waals surface area contributed by atoms with E-state index in [-0.39, 0.29) is 11.6 Å². The normalized spacial score (nSPS) is 11.8. The summed E-state index contributed by atoms with van der Waals surface area (Å²) < 4.78 is 12.9. The summed E-state index contributed by atoms with van der Waals surface area (Å²) in [5.41, 5.74) is 0.614. The second-order valence-corrected chi connectivity index (χ2v) is 4.60. The zero-order valence-corrected chi connectivity index (χ0v) is 11.0. The van der Waals surface area contributed by atoms with Crippen molar-refractivity contribution in [2.75, 3.05) is 0 Å². The third-order valence-electron chi connectivity index (χ3n) is 2.04. The number of rotatable bonds is 3. The van der Waals surface area contributed by atoms with Crippen molar-refractivity contribution in [2.24, 2.45) is 0 Å². The highest BCUT2D eigenvalue weighted by molar-refractivity contribution is 6.31. The molecule has 0 aliphatic carbocycles. The van der Waals surface area contributed by atoms with E-state index in [9.17, 15) is 14.0 Å². The quantitative estimate of drug-likeness (QED) is 0.841. The van der Waals surface area contributed by atoms with Gasteiger partial charge in [-0.3, -0.25) is 10.1 Å². The Morgan fingerprint density at radius 3 is 2.67 bits per heavy atom. The van der Waals surface area contributed by atoms with E-state index in [1.54, 1.807) is 0 Å². The van der Waals surface area contributed by atoms with Gasteiger partial charge in [0.1, 0.15) is 11.2 Å². The van der Waals surface area contributed by atoms with Gasteiger partial charge in [0, 0.05) is 6.54 Å². The third kappa shape index (κ3) is 4.50. The first-order valence-electron chi connectivity index (χ1n) is 5.07. The average molecular weight is 293 g/mol. The Kier molecular flexibility index (Phi) is 5.37. The molecule has 0 saturated carbocycles. The van der Waals surface area contributed by atoms with E-state index in [1.165, 1.54) is 25.1 Å². The highest BCUT2D eigenvalue weighted by Crippen LogP contribution is 2.15. The fraction of sp³-hybridized carbons (Fsp3) is 0.273. The molecule has 0 radical (unpaired) electrons. The lowest BCUT2D eigenvalue weighted by Crippen LogP contribution is -2.41. The Labute approximate surface area is 113 Å². The summed E-state index contributed by atoms with van der Waals surface area (Å²) >= 11 is 11.1. The fourth-order valence-electron chi connectivity index (χ4n) is 1.09. The van der Waals surface area contributed by atoms with E-state index in [4.69, 9.17) is 23.2 Å². The molecule has 0 bridgehead atoms. The summed E-state index contributed by atoms with van der Waals surface area (Å²) in [6, 6.07) is 3.40. The maximum absolute atomic E-state index is 12.9. The zero-order chi connectivity index (χ0) is 13.7. The summed E-state index contributed by atoms with van der Waals surface area (Å²) in [5, 5.41) is 3.65. The van der Waals surface area contributed by atoms with Crippen LogP contribution in [0.5, 0.6) is 0 Å². The average Bonchev–Trinajstić information content (AvgIpc) is 2.30. The van der Waals surface area contributed by atoms with Gasteiger partial charge >= 0.3 is 6.03 Å². The molecular weight excluding hydrogens is 282 g/mol. The molecule has 1 atom stereocenters. The Balaban J connectivity index is 2.47. The van der Waals surface area contributed by atoms with Crippen LogP contribution >= 0.6 is 23.2 Å².